The summed E-state index contributed by atoms with van der Waals surface area (Å²) in [5.41, 5.74) is 2.21. The van der Waals surface area contributed by atoms with Crippen LogP contribution in [0.3, 0.4) is 0 Å². The average Bonchev–Trinajstić information content (AvgIpc) is 2.21. The Morgan fingerprint density at radius 3 is 2.14 bits per heavy atom. The summed E-state index contributed by atoms with van der Waals surface area (Å²) in [5.74, 6) is 0. The summed E-state index contributed by atoms with van der Waals surface area (Å²) in [6.45, 7) is 0. The number of benzene rings is 1. The van der Waals surface area contributed by atoms with Crippen molar-refractivity contribution >= 4 is 27.5 Å². The fourth-order valence-corrected chi connectivity index (χ4v) is 1.55. The van der Waals surface area contributed by atoms with Crippen molar-refractivity contribution in [2.24, 2.45) is 0 Å². The fraction of sp³-hybridized carbons (Fsp3) is 0. The maximum absolute atomic E-state index is 5.80. The molecule has 0 aliphatic carbocycles. The lowest BCUT2D eigenvalue weighted by Crippen LogP contribution is -1.79. The third-order valence-electron chi connectivity index (χ3n) is 1.90. The van der Waals surface area contributed by atoms with Gasteiger partial charge in [0.1, 0.15) is 4.60 Å². The van der Waals surface area contributed by atoms with E-state index in [4.69, 9.17) is 11.6 Å². The molecule has 0 atom stereocenters. The van der Waals surface area contributed by atoms with Crippen molar-refractivity contribution < 1.29 is 0 Å². The van der Waals surface area contributed by atoms with Gasteiger partial charge in [0, 0.05) is 16.8 Å². The number of hydrogen-bond donors (Lipinski definition) is 0. The van der Waals surface area contributed by atoms with Crippen molar-refractivity contribution in [1.29, 1.82) is 0 Å². The van der Waals surface area contributed by atoms with Gasteiger partial charge in [0.2, 0.25) is 0 Å². The Kier molecular flexibility index (Phi) is 2.85. The molecule has 0 bridgehead atoms. The SMILES string of the molecule is Clc1ccc(-c2ccc(Br)nc2)cc1. The molecular weight excluding hydrogens is 261 g/mol. The van der Waals surface area contributed by atoms with Crippen LogP contribution in [0.5, 0.6) is 0 Å². The molecule has 14 heavy (non-hydrogen) atoms. The standard InChI is InChI=1S/C11H7BrClN/c12-11-6-3-9(7-14-11)8-1-4-10(13)5-2-8/h1-7H. The number of nitrogens with zero attached hydrogens (tertiary/aromatic N) is 1. The topological polar surface area (TPSA) is 12.9 Å². The number of aromatic nitrogens is 1. The van der Waals surface area contributed by atoms with Crippen molar-refractivity contribution in [2.75, 3.05) is 0 Å². The highest BCUT2D eigenvalue weighted by molar-refractivity contribution is 9.10. The van der Waals surface area contributed by atoms with Crippen LogP contribution >= 0.6 is 27.5 Å². The summed E-state index contributed by atoms with van der Waals surface area (Å²) in [5, 5.41) is 0.749. The Balaban J connectivity index is 2.40. The van der Waals surface area contributed by atoms with E-state index in [2.05, 4.69) is 20.9 Å². The predicted octanol–water partition coefficient (Wildman–Crippen LogP) is 4.16. The summed E-state index contributed by atoms with van der Waals surface area (Å²) in [4.78, 5) is 4.16. The van der Waals surface area contributed by atoms with Gasteiger partial charge in [0.05, 0.1) is 0 Å². The molecule has 0 saturated carbocycles. The molecule has 0 unspecified atom stereocenters. The van der Waals surface area contributed by atoms with Crippen molar-refractivity contribution in [3.8, 4) is 11.1 Å². The zero-order chi connectivity index (χ0) is 9.97. The van der Waals surface area contributed by atoms with Gasteiger partial charge in [-0.05, 0) is 39.7 Å². The lowest BCUT2D eigenvalue weighted by molar-refractivity contribution is 1.28. The molecule has 1 heterocycles. The van der Waals surface area contributed by atoms with Crippen LogP contribution in [-0.2, 0) is 0 Å². The van der Waals surface area contributed by atoms with Crippen LogP contribution in [0.25, 0.3) is 11.1 Å². The van der Waals surface area contributed by atoms with Gasteiger partial charge < -0.3 is 0 Å². The second-order valence-electron chi connectivity index (χ2n) is 2.88. The molecule has 2 rings (SSSR count). The van der Waals surface area contributed by atoms with E-state index in [-0.39, 0.29) is 0 Å². The lowest BCUT2D eigenvalue weighted by Gasteiger charge is -2.00. The van der Waals surface area contributed by atoms with Crippen LogP contribution in [0.15, 0.2) is 47.2 Å². The van der Waals surface area contributed by atoms with E-state index < -0.39 is 0 Å². The van der Waals surface area contributed by atoms with E-state index >= 15 is 0 Å². The van der Waals surface area contributed by atoms with Gasteiger partial charge in [-0.3, -0.25) is 0 Å². The first-order chi connectivity index (χ1) is 6.75. The quantitative estimate of drug-likeness (QED) is 0.708. The van der Waals surface area contributed by atoms with Crippen LogP contribution in [0.2, 0.25) is 5.02 Å². The molecule has 0 aliphatic heterocycles. The maximum atomic E-state index is 5.80. The molecule has 1 aromatic carbocycles. The van der Waals surface area contributed by atoms with Crippen LogP contribution in [0.1, 0.15) is 0 Å². The molecule has 0 N–H and O–H groups in total. The Morgan fingerprint density at radius 2 is 1.57 bits per heavy atom. The number of halogens is 2. The predicted molar refractivity (Wildman–Crippen MR) is 62.4 cm³/mol. The van der Waals surface area contributed by atoms with Crippen LogP contribution in [-0.4, -0.2) is 4.98 Å². The zero-order valence-electron chi connectivity index (χ0n) is 7.24. The molecule has 0 fully saturated rings. The molecule has 3 heteroatoms. The highest BCUT2D eigenvalue weighted by Crippen LogP contribution is 2.21. The van der Waals surface area contributed by atoms with Crippen LogP contribution in [0, 0.1) is 0 Å². The highest BCUT2D eigenvalue weighted by atomic mass is 79.9. The number of rotatable bonds is 1. The molecule has 1 aromatic heterocycles. The molecule has 0 spiro atoms. The Bertz CT molecular complexity index is 379. The van der Waals surface area contributed by atoms with Gasteiger partial charge in [0.15, 0.2) is 0 Å². The summed E-state index contributed by atoms with van der Waals surface area (Å²) in [6, 6.07) is 11.6. The molecule has 1 nitrogen and oxygen atoms in total. The van der Waals surface area contributed by atoms with E-state index in [0.717, 1.165) is 20.8 Å². The highest BCUT2D eigenvalue weighted by Gasteiger charge is 1.97. The van der Waals surface area contributed by atoms with Crippen molar-refractivity contribution in [1.82, 2.24) is 4.98 Å². The summed E-state index contributed by atoms with van der Waals surface area (Å²) >= 11 is 9.10. The minimum Gasteiger partial charge on any atom is -0.249 e. The Morgan fingerprint density at radius 1 is 0.929 bits per heavy atom. The molecule has 0 amide bonds. The molecule has 2 aromatic rings. The molecule has 0 radical (unpaired) electrons. The normalized spacial score (nSPS) is 10.1. The van der Waals surface area contributed by atoms with Gasteiger partial charge in [0.25, 0.3) is 0 Å². The van der Waals surface area contributed by atoms with Gasteiger partial charge in [-0.25, -0.2) is 4.98 Å². The smallest absolute Gasteiger partial charge is 0.106 e. The van der Waals surface area contributed by atoms with E-state index in [1.54, 1.807) is 0 Å². The van der Waals surface area contributed by atoms with Crippen molar-refractivity contribution in [3.05, 3.63) is 52.2 Å². The molecule has 0 aliphatic rings. The van der Waals surface area contributed by atoms with Gasteiger partial charge in [-0.1, -0.05) is 29.8 Å². The number of hydrogen-bond acceptors (Lipinski definition) is 1. The van der Waals surface area contributed by atoms with Crippen molar-refractivity contribution in [3.63, 3.8) is 0 Å². The Labute approximate surface area is 95.9 Å². The minimum absolute atomic E-state index is 0.749. The van der Waals surface area contributed by atoms with E-state index in [1.165, 1.54) is 0 Å². The van der Waals surface area contributed by atoms with Gasteiger partial charge in [-0.2, -0.15) is 0 Å². The summed E-state index contributed by atoms with van der Waals surface area (Å²) in [6.07, 6.45) is 1.83. The number of pyridine rings is 1. The third kappa shape index (κ3) is 2.14. The van der Waals surface area contributed by atoms with Gasteiger partial charge in [-0.15, -0.1) is 0 Å². The molecular formula is C11H7BrClN. The fourth-order valence-electron chi connectivity index (χ4n) is 1.19. The zero-order valence-corrected chi connectivity index (χ0v) is 9.59. The summed E-state index contributed by atoms with van der Waals surface area (Å²) in [7, 11) is 0. The second kappa shape index (κ2) is 4.11. The first-order valence-corrected chi connectivity index (χ1v) is 5.30. The average molecular weight is 269 g/mol. The van der Waals surface area contributed by atoms with Crippen LogP contribution < -0.4 is 0 Å². The minimum atomic E-state index is 0.749. The van der Waals surface area contributed by atoms with Gasteiger partial charge >= 0.3 is 0 Å². The van der Waals surface area contributed by atoms with Crippen LogP contribution in [0.4, 0.5) is 0 Å². The van der Waals surface area contributed by atoms with E-state index in [1.807, 2.05) is 42.6 Å². The maximum Gasteiger partial charge on any atom is 0.106 e. The van der Waals surface area contributed by atoms with E-state index in [0.29, 0.717) is 0 Å². The first-order valence-electron chi connectivity index (χ1n) is 4.13. The molecule has 0 saturated heterocycles. The van der Waals surface area contributed by atoms with Crippen molar-refractivity contribution in [2.45, 2.75) is 0 Å². The van der Waals surface area contributed by atoms with E-state index in [9.17, 15) is 0 Å². The second-order valence-corrected chi connectivity index (χ2v) is 4.13. The lowest BCUT2D eigenvalue weighted by atomic mass is 10.1. The Hall–Kier alpha value is -0.860. The molecule has 70 valence electrons. The summed E-state index contributed by atoms with van der Waals surface area (Å²) < 4.78 is 0.843. The monoisotopic (exact) mass is 267 g/mol. The first kappa shape index (κ1) is 9.69. The largest absolute Gasteiger partial charge is 0.249 e. The third-order valence-corrected chi connectivity index (χ3v) is 2.63.